The van der Waals surface area contributed by atoms with Gasteiger partial charge in [-0.1, -0.05) is 23.7 Å². The lowest BCUT2D eigenvalue weighted by Gasteiger charge is -2.28. The Morgan fingerprint density at radius 1 is 1.47 bits per heavy atom. The number of ether oxygens (including phenoxy) is 1. The number of hydrogen-bond donors (Lipinski definition) is 2. The Kier molecular flexibility index (Phi) is 7.16. The van der Waals surface area contributed by atoms with E-state index in [2.05, 4.69) is 5.32 Å². The first kappa shape index (κ1) is 16.2. The molecule has 0 fully saturated rings. The number of rotatable bonds is 8. The molecule has 5 heteroatoms. The van der Waals surface area contributed by atoms with Gasteiger partial charge in [0, 0.05) is 33.3 Å². The van der Waals surface area contributed by atoms with E-state index in [1.165, 1.54) is 0 Å². The summed E-state index contributed by atoms with van der Waals surface area (Å²) in [5.41, 5.74) is 2.09. The molecule has 0 aliphatic rings. The molecule has 108 valence electrons. The van der Waals surface area contributed by atoms with Crippen molar-refractivity contribution in [2.45, 2.75) is 19.5 Å². The van der Waals surface area contributed by atoms with Crippen LogP contribution in [0.1, 0.15) is 12.5 Å². The predicted octanol–water partition coefficient (Wildman–Crippen LogP) is 1.89. The van der Waals surface area contributed by atoms with Gasteiger partial charge in [0.2, 0.25) is 0 Å². The van der Waals surface area contributed by atoms with Gasteiger partial charge in [0.15, 0.2) is 0 Å². The van der Waals surface area contributed by atoms with E-state index >= 15 is 0 Å². The van der Waals surface area contributed by atoms with Crippen molar-refractivity contribution in [2.24, 2.45) is 0 Å². The van der Waals surface area contributed by atoms with Gasteiger partial charge in [-0.25, -0.2) is 0 Å². The van der Waals surface area contributed by atoms with Crippen molar-refractivity contribution in [3.8, 4) is 0 Å². The number of para-hydroxylation sites is 1. The van der Waals surface area contributed by atoms with E-state index in [9.17, 15) is 5.11 Å². The minimum atomic E-state index is 0.0256. The van der Waals surface area contributed by atoms with Crippen molar-refractivity contribution in [2.75, 3.05) is 38.8 Å². The van der Waals surface area contributed by atoms with E-state index in [1.807, 2.05) is 37.1 Å². The molecule has 19 heavy (non-hydrogen) atoms. The van der Waals surface area contributed by atoms with Crippen molar-refractivity contribution >= 4 is 17.3 Å². The van der Waals surface area contributed by atoms with Gasteiger partial charge in [-0.15, -0.1) is 0 Å². The Morgan fingerprint density at radius 3 is 2.84 bits per heavy atom. The van der Waals surface area contributed by atoms with Crippen LogP contribution in [0.5, 0.6) is 0 Å². The number of likely N-dealkylation sites (N-methyl/N-ethyl adjacent to an activating group) is 1. The van der Waals surface area contributed by atoms with Crippen LogP contribution in [0.3, 0.4) is 0 Å². The molecule has 0 heterocycles. The Bertz CT molecular complexity index is 388. The molecule has 4 nitrogen and oxygen atoms in total. The van der Waals surface area contributed by atoms with E-state index < -0.39 is 0 Å². The first-order valence-corrected chi connectivity index (χ1v) is 6.80. The number of nitrogens with one attached hydrogen (secondary N) is 1. The lowest BCUT2D eigenvalue weighted by Crippen LogP contribution is -2.33. The van der Waals surface area contributed by atoms with Crippen LogP contribution in [0.4, 0.5) is 5.69 Å². The SMILES string of the molecule is COCCNCc1cccc(Cl)c1N(C)C(C)CO. The summed E-state index contributed by atoms with van der Waals surface area (Å²) in [5.74, 6) is 0. The van der Waals surface area contributed by atoms with Gasteiger partial charge in [-0.2, -0.15) is 0 Å². The number of hydrogen-bond acceptors (Lipinski definition) is 4. The molecule has 0 spiro atoms. The van der Waals surface area contributed by atoms with Gasteiger partial charge in [0.25, 0.3) is 0 Å². The van der Waals surface area contributed by atoms with E-state index in [0.717, 1.165) is 24.3 Å². The number of aliphatic hydroxyl groups excluding tert-OH is 1. The number of aliphatic hydroxyl groups is 1. The van der Waals surface area contributed by atoms with Crippen molar-refractivity contribution in [3.63, 3.8) is 0 Å². The fraction of sp³-hybridized carbons (Fsp3) is 0.571. The topological polar surface area (TPSA) is 44.7 Å². The van der Waals surface area contributed by atoms with Gasteiger partial charge in [-0.05, 0) is 18.6 Å². The minimum absolute atomic E-state index is 0.0256. The molecular formula is C14H23ClN2O2. The third kappa shape index (κ3) is 4.66. The van der Waals surface area contributed by atoms with E-state index in [1.54, 1.807) is 7.11 Å². The number of halogens is 1. The number of anilines is 1. The predicted molar refractivity (Wildman–Crippen MR) is 80.0 cm³/mol. The second-order valence-corrected chi connectivity index (χ2v) is 4.97. The van der Waals surface area contributed by atoms with Crippen LogP contribution in [0.15, 0.2) is 18.2 Å². The quantitative estimate of drug-likeness (QED) is 0.717. The molecule has 0 saturated carbocycles. The van der Waals surface area contributed by atoms with E-state index in [4.69, 9.17) is 16.3 Å². The first-order valence-electron chi connectivity index (χ1n) is 6.42. The van der Waals surface area contributed by atoms with Crippen LogP contribution in [0.25, 0.3) is 0 Å². The maximum Gasteiger partial charge on any atom is 0.0642 e. The van der Waals surface area contributed by atoms with E-state index in [0.29, 0.717) is 11.6 Å². The summed E-state index contributed by atoms with van der Waals surface area (Å²) in [6.07, 6.45) is 0. The maximum absolute atomic E-state index is 9.28. The molecule has 0 aromatic heterocycles. The van der Waals surface area contributed by atoms with Crippen molar-refractivity contribution in [3.05, 3.63) is 28.8 Å². The second-order valence-electron chi connectivity index (χ2n) is 4.56. The zero-order valence-corrected chi connectivity index (χ0v) is 12.6. The Labute approximate surface area is 120 Å². The molecule has 1 atom stereocenters. The fourth-order valence-electron chi connectivity index (χ4n) is 1.84. The number of benzene rings is 1. The Morgan fingerprint density at radius 2 is 2.21 bits per heavy atom. The number of nitrogens with zero attached hydrogens (tertiary/aromatic N) is 1. The third-order valence-electron chi connectivity index (χ3n) is 3.15. The highest BCUT2D eigenvalue weighted by molar-refractivity contribution is 6.33. The molecule has 1 rings (SSSR count). The van der Waals surface area contributed by atoms with Crippen LogP contribution >= 0.6 is 11.6 Å². The summed E-state index contributed by atoms with van der Waals surface area (Å²) in [4.78, 5) is 2.01. The van der Waals surface area contributed by atoms with Crippen LogP contribution in [-0.2, 0) is 11.3 Å². The molecule has 1 aromatic carbocycles. The molecule has 1 unspecified atom stereocenters. The molecule has 0 saturated heterocycles. The minimum Gasteiger partial charge on any atom is -0.394 e. The summed E-state index contributed by atoms with van der Waals surface area (Å²) < 4.78 is 5.00. The highest BCUT2D eigenvalue weighted by atomic mass is 35.5. The lowest BCUT2D eigenvalue weighted by atomic mass is 10.1. The van der Waals surface area contributed by atoms with Gasteiger partial charge in [-0.3, -0.25) is 0 Å². The largest absolute Gasteiger partial charge is 0.394 e. The zero-order valence-electron chi connectivity index (χ0n) is 11.8. The Hall–Kier alpha value is -0.810. The molecule has 0 radical (unpaired) electrons. The van der Waals surface area contributed by atoms with Gasteiger partial charge in [0.1, 0.15) is 0 Å². The van der Waals surface area contributed by atoms with Gasteiger partial charge < -0.3 is 20.1 Å². The molecular weight excluding hydrogens is 264 g/mol. The first-order chi connectivity index (χ1) is 9.11. The molecule has 0 amide bonds. The zero-order chi connectivity index (χ0) is 14.3. The van der Waals surface area contributed by atoms with Crippen LogP contribution in [0.2, 0.25) is 5.02 Å². The fourth-order valence-corrected chi connectivity index (χ4v) is 2.17. The molecule has 0 bridgehead atoms. The van der Waals surface area contributed by atoms with Gasteiger partial charge >= 0.3 is 0 Å². The summed E-state index contributed by atoms with van der Waals surface area (Å²) >= 11 is 6.29. The van der Waals surface area contributed by atoms with Crippen LogP contribution in [0, 0.1) is 0 Å². The van der Waals surface area contributed by atoms with Gasteiger partial charge in [0.05, 0.1) is 23.9 Å². The Balaban J connectivity index is 2.82. The average molecular weight is 287 g/mol. The van der Waals surface area contributed by atoms with Crippen molar-refractivity contribution < 1.29 is 9.84 Å². The highest BCUT2D eigenvalue weighted by Crippen LogP contribution is 2.30. The monoisotopic (exact) mass is 286 g/mol. The summed E-state index contributed by atoms with van der Waals surface area (Å²) in [6.45, 7) is 4.26. The normalized spacial score (nSPS) is 12.5. The average Bonchev–Trinajstić information content (AvgIpc) is 2.42. The molecule has 1 aromatic rings. The lowest BCUT2D eigenvalue weighted by molar-refractivity contribution is 0.199. The smallest absolute Gasteiger partial charge is 0.0642 e. The second kappa shape index (κ2) is 8.38. The van der Waals surface area contributed by atoms with Crippen molar-refractivity contribution in [1.29, 1.82) is 0 Å². The summed E-state index contributed by atoms with van der Waals surface area (Å²) in [6, 6.07) is 5.88. The molecule has 0 aliphatic carbocycles. The molecule has 0 aliphatic heterocycles. The third-order valence-corrected chi connectivity index (χ3v) is 3.45. The molecule has 2 N–H and O–H groups in total. The standard InChI is InChI=1S/C14H23ClN2O2/c1-11(10-18)17(2)14-12(5-4-6-13(14)15)9-16-7-8-19-3/h4-6,11,16,18H,7-10H2,1-3H3. The number of methoxy groups -OCH3 is 1. The summed E-state index contributed by atoms with van der Waals surface area (Å²) in [5, 5.41) is 13.3. The highest BCUT2D eigenvalue weighted by Gasteiger charge is 2.15. The summed E-state index contributed by atoms with van der Waals surface area (Å²) in [7, 11) is 3.63. The van der Waals surface area contributed by atoms with Crippen LogP contribution < -0.4 is 10.2 Å². The maximum atomic E-state index is 9.28. The van der Waals surface area contributed by atoms with E-state index in [-0.39, 0.29) is 12.6 Å². The van der Waals surface area contributed by atoms with Crippen LogP contribution in [-0.4, -0.2) is 45.1 Å². The van der Waals surface area contributed by atoms with Crippen molar-refractivity contribution in [1.82, 2.24) is 5.32 Å².